The van der Waals surface area contributed by atoms with Gasteiger partial charge in [-0.2, -0.15) is 0 Å². The van der Waals surface area contributed by atoms with Crippen LogP contribution in [0.5, 0.6) is 0 Å². The van der Waals surface area contributed by atoms with Crippen LogP contribution >= 0.6 is 0 Å². The molecule has 9 nitrogen and oxygen atoms in total. The third-order valence-corrected chi connectivity index (χ3v) is 12.1. The SMILES string of the molecule is CC1=C(C)C(=O)O[C@@](O)([C@H]2CO[C@]3(O)C[C@H]4[C@@H](C[C@@H](O)[C@@]5(O)CC=CC(=O)[C@]45C)[C@@H]4CC[C@@]2(O)[C@]43C)C1. The first-order chi connectivity index (χ1) is 17.1. The van der Waals surface area contributed by atoms with E-state index in [4.69, 9.17) is 9.47 Å². The van der Waals surface area contributed by atoms with Gasteiger partial charge in [-0.15, -0.1) is 0 Å². The molecule has 5 N–H and O–H groups in total. The second kappa shape index (κ2) is 7.31. The van der Waals surface area contributed by atoms with Crippen molar-refractivity contribution in [1.29, 1.82) is 0 Å². The maximum absolute atomic E-state index is 13.3. The average Bonchev–Trinajstić information content (AvgIpc) is 3.09. The second-order valence-electron chi connectivity index (χ2n) is 13.1. The number of hydrogen-bond donors (Lipinski definition) is 5. The molecule has 0 unspecified atom stereocenters. The monoisotopic (exact) mass is 518 g/mol. The van der Waals surface area contributed by atoms with Crippen LogP contribution < -0.4 is 0 Å². The number of ketones is 1. The van der Waals surface area contributed by atoms with E-state index in [1.54, 1.807) is 33.8 Å². The first kappa shape index (κ1) is 25.6. The molecular weight excluding hydrogens is 480 g/mol. The summed E-state index contributed by atoms with van der Waals surface area (Å²) in [5.74, 6) is -6.97. The van der Waals surface area contributed by atoms with Gasteiger partial charge in [-0.1, -0.05) is 18.6 Å². The van der Waals surface area contributed by atoms with Gasteiger partial charge in [-0.3, -0.25) is 4.79 Å². The third kappa shape index (κ3) is 2.71. The number of allylic oxidation sites excluding steroid dienone is 1. The molecule has 2 heterocycles. The third-order valence-electron chi connectivity index (χ3n) is 12.1. The van der Waals surface area contributed by atoms with Crippen LogP contribution in [-0.2, 0) is 19.1 Å². The predicted molar refractivity (Wildman–Crippen MR) is 128 cm³/mol. The summed E-state index contributed by atoms with van der Waals surface area (Å²) < 4.78 is 11.7. The van der Waals surface area contributed by atoms with Crippen LogP contribution in [0.4, 0.5) is 0 Å². The van der Waals surface area contributed by atoms with Gasteiger partial charge in [0.05, 0.1) is 35.1 Å². The first-order valence-corrected chi connectivity index (χ1v) is 13.4. The van der Waals surface area contributed by atoms with Crippen LogP contribution in [0, 0.1) is 34.5 Å². The average molecular weight is 519 g/mol. The Morgan fingerprint density at radius 2 is 1.73 bits per heavy atom. The molecule has 9 heteroatoms. The van der Waals surface area contributed by atoms with Gasteiger partial charge >= 0.3 is 5.97 Å². The highest BCUT2D eigenvalue weighted by atomic mass is 16.7. The zero-order valence-corrected chi connectivity index (χ0v) is 21.9. The van der Waals surface area contributed by atoms with Crippen molar-refractivity contribution in [2.75, 3.05) is 6.61 Å². The van der Waals surface area contributed by atoms with E-state index < -0.39 is 57.5 Å². The molecule has 0 radical (unpaired) electrons. The van der Waals surface area contributed by atoms with E-state index in [1.807, 2.05) is 0 Å². The number of aliphatic hydroxyl groups excluding tert-OH is 1. The molecule has 0 amide bonds. The van der Waals surface area contributed by atoms with Crippen LogP contribution in [-0.4, -0.2) is 72.8 Å². The summed E-state index contributed by atoms with van der Waals surface area (Å²) in [5.41, 5.74) is -4.84. The van der Waals surface area contributed by atoms with Crippen LogP contribution in [0.15, 0.2) is 23.3 Å². The number of carbonyl (C=O) groups excluding carboxylic acids is 2. The molecule has 6 aliphatic rings. The van der Waals surface area contributed by atoms with E-state index in [0.29, 0.717) is 17.6 Å². The van der Waals surface area contributed by atoms with Gasteiger partial charge < -0.3 is 35.0 Å². The fourth-order valence-electron chi connectivity index (χ4n) is 9.56. The largest absolute Gasteiger partial charge is 0.429 e. The summed E-state index contributed by atoms with van der Waals surface area (Å²) in [4.78, 5) is 25.9. The number of hydrogen-bond acceptors (Lipinski definition) is 9. The van der Waals surface area contributed by atoms with Gasteiger partial charge in [0.2, 0.25) is 5.79 Å². The molecule has 0 aromatic carbocycles. The van der Waals surface area contributed by atoms with Crippen molar-refractivity contribution in [2.24, 2.45) is 34.5 Å². The van der Waals surface area contributed by atoms with E-state index in [1.165, 1.54) is 6.08 Å². The molecule has 37 heavy (non-hydrogen) atoms. The lowest BCUT2D eigenvalue weighted by Crippen LogP contribution is -2.78. The Hall–Kier alpha value is -1.62. The number of fused-ring (bicyclic) bond motifs is 4. The fraction of sp³-hybridized carbons (Fsp3) is 0.786. The minimum atomic E-state index is -2.01. The lowest BCUT2D eigenvalue weighted by Gasteiger charge is -2.69. The number of esters is 1. The first-order valence-electron chi connectivity index (χ1n) is 13.4. The minimum Gasteiger partial charge on any atom is -0.429 e. The zero-order valence-electron chi connectivity index (χ0n) is 21.9. The molecule has 2 aliphatic heterocycles. The molecule has 6 rings (SSSR count). The molecule has 0 aromatic heterocycles. The van der Waals surface area contributed by atoms with Crippen molar-refractivity contribution in [1.82, 2.24) is 0 Å². The lowest BCUT2D eigenvalue weighted by molar-refractivity contribution is -0.420. The predicted octanol–water partition coefficient (Wildman–Crippen LogP) is 1.11. The van der Waals surface area contributed by atoms with Crippen LogP contribution in [0.2, 0.25) is 0 Å². The van der Waals surface area contributed by atoms with Crippen molar-refractivity contribution < 1.29 is 44.6 Å². The minimum absolute atomic E-state index is 0.0128. The highest BCUT2D eigenvalue weighted by molar-refractivity contribution is 5.97. The molecule has 11 atom stereocenters. The maximum Gasteiger partial charge on any atom is 0.336 e. The van der Waals surface area contributed by atoms with Crippen molar-refractivity contribution in [3.05, 3.63) is 23.3 Å². The van der Waals surface area contributed by atoms with Gasteiger partial charge in [0, 0.05) is 18.4 Å². The molecule has 4 aliphatic carbocycles. The number of carbonyl (C=O) groups is 2. The Morgan fingerprint density at radius 1 is 1.03 bits per heavy atom. The van der Waals surface area contributed by atoms with E-state index in [2.05, 4.69) is 0 Å². The Labute approximate surface area is 216 Å². The quantitative estimate of drug-likeness (QED) is 0.321. The van der Waals surface area contributed by atoms with Crippen molar-refractivity contribution in [3.63, 3.8) is 0 Å². The van der Waals surface area contributed by atoms with Gasteiger partial charge in [-0.05, 0) is 70.3 Å². The summed E-state index contributed by atoms with van der Waals surface area (Å²) in [6, 6.07) is 0. The van der Waals surface area contributed by atoms with Gasteiger partial charge in [-0.25, -0.2) is 4.79 Å². The number of aliphatic hydroxyl groups is 5. The van der Waals surface area contributed by atoms with E-state index in [-0.39, 0.29) is 56.3 Å². The molecule has 204 valence electrons. The standard InChI is InChI=1S/C28H38O9/c1-14-11-27(34,37-22(31)15(14)2)19-13-36-28(35)12-18-16(17-7-9-25(19,32)24(17,28)4)10-21(30)26(33)8-5-6-20(29)23(18,26)3/h5-6,16-19,21,30,32-35H,7-13H2,1-4H3/t16-,17-,18-,19-,21+,23-,24-,25-,26-,27+,28+/m0/s1. The molecule has 0 spiro atoms. The summed E-state index contributed by atoms with van der Waals surface area (Å²) in [5, 5.41) is 59.1. The number of cyclic esters (lactones) is 1. The Bertz CT molecular complexity index is 1150. The Kier molecular flexibility index (Phi) is 5.07. The van der Waals surface area contributed by atoms with Crippen molar-refractivity contribution in [2.45, 2.75) is 95.1 Å². The van der Waals surface area contributed by atoms with Gasteiger partial charge in [0.25, 0.3) is 0 Å². The second-order valence-corrected chi connectivity index (χ2v) is 13.1. The zero-order chi connectivity index (χ0) is 27.0. The van der Waals surface area contributed by atoms with Gasteiger partial charge in [0.1, 0.15) is 5.60 Å². The topological polar surface area (TPSA) is 154 Å². The van der Waals surface area contributed by atoms with Gasteiger partial charge in [0.15, 0.2) is 11.6 Å². The molecule has 0 bridgehead atoms. The van der Waals surface area contributed by atoms with Crippen molar-refractivity contribution >= 4 is 11.8 Å². The summed E-state index contributed by atoms with van der Waals surface area (Å²) in [6.45, 7) is 6.57. The summed E-state index contributed by atoms with van der Waals surface area (Å²) >= 11 is 0. The van der Waals surface area contributed by atoms with E-state index in [9.17, 15) is 35.1 Å². The molecule has 4 fully saturated rings. The molecule has 3 saturated carbocycles. The Morgan fingerprint density at radius 3 is 2.41 bits per heavy atom. The highest BCUT2D eigenvalue weighted by Gasteiger charge is 2.81. The summed E-state index contributed by atoms with van der Waals surface area (Å²) in [6.07, 6.45) is 2.94. The van der Waals surface area contributed by atoms with Crippen LogP contribution in [0.3, 0.4) is 0 Å². The van der Waals surface area contributed by atoms with Crippen molar-refractivity contribution in [3.8, 4) is 0 Å². The van der Waals surface area contributed by atoms with Crippen LogP contribution in [0.25, 0.3) is 0 Å². The Balaban J connectivity index is 1.44. The maximum atomic E-state index is 13.3. The molecule has 0 aromatic rings. The molecular formula is C28H38O9. The lowest BCUT2D eigenvalue weighted by atomic mass is 9.40. The number of ether oxygens (including phenoxy) is 2. The molecule has 1 saturated heterocycles. The smallest absolute Gasteiger partial charge is 0.336 e. The summed E-state index contributed by atoms with van der Waals surface area (Å²) in [7, 11) is 0. The normalized spacial score (nSPS) is 56.9. The highest BCUT2D eigenvalue weighted by Crippen LogP contribution is 2.74. The van der Waals surface area contributed by atoms with Crippen LogP contribution in [0.1, 0.15) is 66.2 Å². The van der Waals surface area contributed by atoms with E-state index >= 15 is 0 Å². The van der Waals surface area contributed by atoms with E-state index in [0.717, 1.165) is 0 Å². The number of rotatable bonds is 1. The fourth-order valence-corrected chi connectivity index (χ4v) is 9.56.